The number of halogens is 1. The third-order valence-electron chi connectivity index (χ3n) is 4.84. The van der Waals surface area contributed by atoms with Gasteiger partial charge in [-0.1, -0.05) is 11.6 Å². The molecule has 0 saturated heterocycles. The molecule has 0 aliphatic carbocycles. The third kappa shape index (κ3) is 5.34. The molecular weight excluding hydrogens is 500 g/mol. The standard InChI is InChI=1S/C22H17ClN4O7S/c1-33-18-8-15(9-20(10-18)35(31,32)19-5-2-14(23)3-6-19)25-22(28)21-7-4-17(34-21)13-26-12-16(11-24-26)27(29)30/h2-12H,13H2,1H3,(H,25,28). The van der Waals surface area contributed by atoms with Crippen LogP contribution in [-0.4, -0.2) is 36.1 Å². The molecule has 0 radical (unpaired) electrons. The molecule has 11 nitrogen and oxygen atoms in total. The van der Waals surface area contributed by atoms with Gasteiger partial charge in [-0.05, 0) is 48.5 Å². The van der Waals surface area contributed by atoms with Crippen molar-refractivity contribution in [1.29, 1.82) is 0 Å². The zero-order chi connectivity index (χ0) is 25.2. The number of nitrogens with one attached hydrogen (secondary N) is 1. The first kappa shape index (κ1) is 24.0. The molecule has 0 saturated carbocycles. The van der Waals surface area contributed by atoms with Crippen molar-refractivity contribution in [1.82, 2.24) is 9.78 Å². The van der Waals surface area contributed by atoms with Crippen molar-refractivity contribution in [3.63, 3.8) is 0 Å². The number of nitrogens with zero attached hydrogens (tertiary/aromatic N) is 3. The molecule has 0 spiro atoms. The Morgan fingerprint density at radius 3 is 2.57 bits per heavy atom. The number of amides is 1. The summed E-state index contributed by atoms with van der Waals surface area (Å²) in [7, 11) is -2.54. The van der Waals surface area contributed by atoms with Gasteiger partial charge in [0.2, 0.25) is 9.84 Å². The fourth-order valence-corrected chi connectivity index (χ4v) is 4.58. The van der Waals surface area contributed by atoms with Gasteiger partial charge < -0.3 is 14.5 Å². The summed E-state index contributed by atoms with van der Waals surface area (Å²) in [6, 6.07) is 12.8. The molecule has 0 bridgehead atoms. The minimum Gasteiger partial charge on any atom is -0.497 e. The zero-order valence-corrected chi connectivity index (χ0v) is 19.6. The predicted molar refractivity (Wildman–Crippen MR) is 125 cm³/mol. The lowest BCUT2D eigenvalue weighted by Gasteiger charge is -2.11. The molecule has 0 fully saturated rings. The van der Waals surface area contributed by atoms with Gasteiger partial charge in [0, 0.05) is 16.8 Å². The lowest BCUT2D eigenvalue weighted by Crippen LogP contribution is -2.12. The topological polar surface area (TPSA) is 147 Å². The van der Waals surface area contributed by atoms with E-state index in [-0.39, 0.29) is 39.2 Å². The van der Waals surface area contributed by atoms with Crippen LogP contribution in [0.4, 0.5) is 11.4 Å². The van der Waals surface area contributed by atoms with Crippen LogP contribution in [-0.2, 0) is 16.4 Å². The van der Waals surface area contributed by atoms with Crippen molar-refractivity contribution in [3.8, 4) is 5.75 Å². The summed E-state index contributed by atoms with van der Waals surface area (Å²) < 4.78 is 38.1. The highest BCUT2D eigenvalue weighted by Gasteiger charge is 2.21. The van der Waals surface area contributed by atoms with Gasteiger partial charge in [-0.25, -0.2) is 8.42 Å². The van der Waals surface area contributed by atoms with Crippen LogP contribution in [0.3, 0.4) is 0 Å². The lowest BCUT2D eigenvalue weighted by molar-refractivity contribution is -0.385. The molecule has 35 heavy (non-hydrogen) atoms. The SMILES string of the molecule is COc1cc(NC(=O)c2ccc(Cn3cc([N+](=O)[O-])cn3)o2)cc(S(=O)(=O)c2ccc(Cl)cc2)c1. The number of furan rings is 1. The molecule has 4 rings (SSSR count). The van der Waals surface area contributed by atoms with Gasteiger partial charge in [0.05, 0.1) is 28.4 Å². The number of carbonyl (C=O) groups is 1. The van der Waals surface area contributed by atoms with E-state index in [4.69, 9.17) is 20.8 Å². The van der Waals surface area contributed by atoms with E-state index < -0.39 is 20.7 Å². The van der Waals surface area contributed by atoms with Crippen LogP contribution in [0.1, 0.15) is 16.3 Å². The summed E-state index contributed by atoms with van der Waals surface area (Å²) in [4.78, 5) is 22.9. The predicted octanol–water partition coefficient (Wildman–Crippen LogP) is 4.18. The molecule has 0 unspecified atom stereocenters. The third-order valence-corrected chi connectivity index (χ3v) is 6.84. The van der Waals surface area contributed by atoms with Gasteiger partial charge in [-0.3, -0.25) is 19.6 Å². The zero-order valence-electron chi connectivity index (χ0n) is 18.0. The van der Waals surface area contributed by atoms with E-state index >= 15 is 0 Å². The molecule has 2 aromatic carbocycles. The second-order valence-electron chi connectivity index (χ2n) is 7.23. The Hall–Kier alpha value is -4.16. The highest BCUT2D eigenvalue weighted by atomic mass is 35.5. The van der Waals surface area contributed by atoms with Crippen molar-refractivity contribution >= 4 is 38.7 Å². The van der Waals surface area contributed by atoms with Gasteiger partial charge in [0.25, 0.3) is 5.91 Å². The van der Waals surface area contributed by atoms with Crippen LogP contribution in [0.25, 0.3) is 0 Å². The van der Waals surface area contributed by atoms with Gasteiger partial charge >= 0.3 is 5.69 Å². The van der Waals surface area contributed by atoms with Gasteiger partial charge in [0.1, 0.15) is 23.9 Å². The minimum atomic E-state index is -3.92. The first-order valence-electron chi connectivity index (χ1n) is 9.92. The minimum absolute atomic E-state index is 0.0296. The molecule has 0 aliphatic heterocycles. The Morgan fingerprint density at radius 2 is 1.91 bits per heavy atom. The number of sulfone groups is 1. The van der Waals surface area contributed by atoms with E-state index in [0.717, 1.165) is 6.20 Å². The average molecular weight is 517 g/mol. The second kappa shape index (κ2) is 9.60. The average Bonchev–Trinajstić information content (AvgIpc) is 3.49. The molecule has 2 heterocycles. The van der Waals surface area contributed by atoms with E-state index in [1.807, 2.05) is 0 Å². The summed E-state index contributed by atoms with van der Waals surface area (Å²) in [5, 5.41) is 17.6. The first-order valence-corrected chi connectivity index (χ1v) is 11.8. The smallest absolute Gasteiger partial charge is 0.307 e. The Balaban J connectivity index is 1.54. The Kier molecular flexibility index (Phi) is 6.58. The number of benzene rings is 2. The monoisotopic (exact) mass is 516 g/mol. The van der Waals surface area contributed by atoms with Crippen molar-refractivity contribution in [3.05, 3.63) is 93.6 Å². The number of rotatable bonds is 8. The highest BCUT2D eigenvalue weighted by Crippen LogP contribution is 2.29. The molecule has 2 aromatic heterocycles. The lowest BCUT2D eigenvalue weighted by atomic mass is 10.3. The highest BCUT2D eigenvalue weighted by molar-refractivity contribution is 7.91. The fourth-order valence-electron chi connectivity index (χ4n) is 3.14. The van der Waals surface area contributed by atoms with Gasteiger partial charge in [-0.2, -0.15) is 5.10 Å². The van der Waals surface area contributed by atoms with Crippen LogP contribution in [0.2, 0.25) is 5.02 Å². The Labute approximate surface area is 204 Å². The normalized spacial score (nSPS) is 11.3. The first-order chi connectivity index (χ1) is 16.7. The van der Waals surface area contributed by atoms with Crippen LogP contribution in [0.15, 0.2) is 81.2 Å². The summed E-state index contributed by atoms with van der Waals surface area (Å²) in [5.74, 6) is -0.127. The summed E-state index contributed by atoms with van der Waals surface area (Å²) in [6.07, 6.45) is 2.34. The fraction of sp³-hybridized carbons (Fsp3) is 0.0909. The molecule has 4 aromatic rings. The van der Waals surface area contributed by atoms with E-state index in [1.54, 1.807) is 0 Å². The molecule has 180 valence electrons. The molecule has 0 aliphatic rings. The summed E-state index contributed by atoms with van der Waals surface area (Å²) >= 11 is 5.85. The van der Waals surface area contributed by atoms with E-state index in [1.165, 1.54) is 72.6 Å². The largest absolute Gasteiger partial charge is 0.497 e. The summed E-state index contributed by atoms with van der Waals surface area (Å²) in [6.45, 7) is 0.0732. The van der Waals surface area contributed by atoms with Crippen LogP contribution in [0.5, 0.6) is 5.75 Å². The number of hydrogen-bond donors (Lipinski definition) is 1. The van der Waals surface area contributed by atoms with Crippen LogP contribution < -0.4 is 10.1 Å². The van der Waals surface area contributed by atoms with Crippen LogP contribution in [0, 0.1) is 10.1 Å². The quantitative estimate of drug-likeness (QED) is 0.271. The molecule has 1 N–H and O–H groups in total. The van der Waals surface area contributed by atoms with Crippen molar-refractivity contribution in [2.45, 2.75) is 16.3 Å². The van der Waals surface area contributed by atoms with Gasteiger partial charge in [-0.15, -0.1) is 0 Å². The van der Waals surface area contributed by atoms with E-state index in [9.17, 15) is 23.3 Å². The maximum atomic E-state index is 13.1. The van der Waals surface area contributed by atoms with E-state index in [2.05, 4.69) is 10.4 Å². The molecule has 13 heteroatoms. The van der Waals surface area contributed by atoms with Gasteiger partial charge in [0.15, 0.2) is 5.76 Å². The van der Waals surface area contributed by atoms with Crippen LogP contribution >= 0.6 is 11.6 Å². The number of aromatic nitrogens is 2. The van der Waals surface area contributed by atoms with E-state index in [0.29, 0.717) is 10.8 Å². The Morgan fingerprint density at radius 1 is 1.17 bits per heavy atom. The second-order valence-corrected chi connectivity index (χ2v) is 9.61. The number of nitro groups is 1. The Bertz CT molecular complexity index is 1510. The molecule has 0 atom stereocenters. The molecule has 1 amide bonds. The van der Waals surface area contributed by atoms with Crippen molar-refractivity contribution < 1.29 is 27.3 Å². The maximum absolute atomic E-state index is 13.1. The maximum Gasteiger partial charge on any atom is 0.307 e. The van der Waals surface area contributed by atoms with Crippen molar-refractivity contribution in [2.75, 3.05) is 12.4 Å². The number of carbonyl (C=O) groups excluding carboxylic acids is 1. The summed E-state index contributed by atoms with van der Waals surface area (Å²) in [5.41, 5.74) is -0.000515. The number of methoxy groups -OCH3 is 1. The van der Waals surface area contributed by atoms with Crippen molar-refractivity contribution in [2.24, 2.45) is 0 Å². The number of ether oxygens (including phenoxy) is 1. The number of hydrogen-bond acceptors (Lipinski definition) is 8. The molecular formula is C22H17ClN4O7S. The number of anilines is 1.